The number of nitrogens with zero attached hydrogens (tertiary/aromatic N) is 6. The van der Waals surface area contributed by atoms with Gasteiger partial charge in [0.2, 0.25) is 0 Å². The van der Waals surface area contributed by atoms with E-state index < -0.39 is 0 Å². The quantitative estimate of drug-likeness (QED) is 0.418. The average Bonchev–Trinajstić information content (AvgIpc) is 3.40. The monoisotopic (exact) mass is 479 g/mol. The molecule has 1 aliphatic heterocycles. The van der Waals surface area contributed by atoms with Crippen molar-refractivity contribution in [1.82, 2.24) is 24.7 Å². The van der Waals surface area contributed by atoms with Gasteiger partial charge in [0.05, 0.1) is 17.4 Å². The van der Waals surface area contributed by atoms with E-state index in [1.807, 2.05) is 54.3 Å². The second kappa shape index (κ2) is 7.80. The van der Waals surface area contributed by atoms with Crippen LogP contribution in [0.3, 0.4) is 0 Å². The van der Waals surface area contributed by atoms with Gasteiger partial charge in [-0.2, -0.15) is 5.10 Å². The first-order valence-corrected chi connectivity index (χ1v) is 12.3. The van der Waals surface area contributed by atoms with Gasteiger partial charge in [0.15, 0.2) is 5.65 Å². The van der Waals surface area contributed by atoms with Gasteiger partial charge in [0.1, 0.15) is 17.2 Å². The van der Waals surface area contributed by atoms with E-state index in [4.69, 9.17) is 15.7 Å². The number of hydrogen-bond acceptors (Lipinski definition) is 6. The second-order valence-electron chi connectivity index (χ2n) is 10.0. The van der Waals surface area contributed by atoms with Crippen molar-refractivity contribution in [3.63, 3.8) is 0 Å². The summed E-state index contributed by atoms with van der Waals surface area (Å²) in [5, 5.41) is 5.51. The highest BCUT2D eigenvalue weighted by Crippen LogP contribution is 2.63. The van der Waals surface area contributed by atoms with Crippen molar-refractivity contribution in [3.8, 4) is 11.3 Å². The number of nitrogens with two attached hydrogens (primary N) is 1. The van der Waals surface area contributed by atoms with Crippen molar-refractivity contribution >= 4 is 27.9 Å². The molecule has 1 aliphatic carbocycles. The van der Waals surface area contributed by atoms with Gasteiger partial charge >= 0.3 is 0 Å². The van der Waals surface area contributed by atoms with Crippen molar-refractivity contribution in [3.05, 3.63) is 78.4 Å². The number of aromatic nitrogens is 5. The van der Waals surface area contributed by atoms with Crippen LogP contribution in [0.4, 0.5) is 10.2 Å². The summed E-state index contributed by atoms with van der Waals surface area (Å²) in [6, 6.07) is 17.2. The third-order valence-corrected chi connectivity index (χ3v) is 8.17. The standard InChI is InChI=1S/C28H26FN7/c1-35-14-18-12-17(6-7-24(18)34-35)23-8-9-25-27(33-23)31-13-26(32-25)36-11-10-19-21(15-36)28(19,16-30)20-4-2-3-5-22(20)29/h2-9,12-14,19,21H,10-11,15-16,30H2,1H3/t19?,21?,28-/m1/s1. The number of aryl methyl sites for hydroxylation is 1. The van der Waals surface area contributed by atoms with Crippen LogP contribution >= 0.6 is 0 Å². The minimum Gasteiger partial charge on any atom is -0.355 e. The van der Waals surface area contributed by atoms with Crippen molar-refractivity contribution in [1.29, 1.82) is 0 Å². The summed E-state index contributed by atoms with van der Waals surface area (Å²) in [5.74, 6) is 1.40. The van der Waals surface area contributed by atoms with Crippen molar-refractivity contribution < 1.29 is 4.39 Å². The van der Waals surface area contributed by atoms with Gasteiger partial charge in [0.25, 0.3) is 0 Å². The predicted octanol–water partition coefficient (Wildman–Crippen LogP) is 4.07. The lowest BCUT2D eigenvalue weighted by Gasteiger charge is -2.27. The Balaban J connectivity index is 1.16. The minimum absolute atomic E-state index is 0.154. The van der Waals surface area contributed by atoms with Gasteiger partial charge < -0.3 is 10.6 Å². The number of halogens is 1. The molecule has 2 aliphatic rings. The molecule has 2 fully saturated rings. The Morgan fingerprint density at radius 3 is 2.78 bits per heavy atom. The van der Waals surface area contributed by atoms with Gasteiger partial charge in [0, 0.05) is 49.2 Å². The van der Waals surface area contributed by atoms with Crippen LogP contribution in [0.25, 0.3) is 33.3 Å². The summed E-state index contributed by atoms with van der Waals surface area (Å²) < 4.78 is 16.5. The van der Waals surface area contributed by atoms with Crippen molar-refractivity contribution in [2.75, 3.05) is 24.5 Å². The summed E-state index contributed by atoms with van der Waals surface area (Å²) >= 11 is 0. The first-order valence-electron chi connectivity index (χ1n) is 12.3. The Morgan fingerprint density at radius 1 is 1.06 bits per heavy atom. The Labute approximate surface area is 207 Å². The van der Waals surface area contributed by atoms with Gasteiger partial charge in [-0.15, -0.1) is 0 Å². The van der Waals surface area contributed by atoms with Crippen LogP contribution in [-0.4, -0.2) is 44.4 Å². The molecule has 0 amide bonds. The SMILES string of the molecule is Cn1cc2cc(-c3ccc4nc(N5CCC6C(C5)[C@@]6(CN)c5ccccc5F)cnc4n3)ccc2n1. The van der Waals surface area contributed by atoms with E-state index in [9.17, 15) is 4.39 Å². The Bertz CT molecular complexity index is 1630. The van der Waals surface area contributed by atoms with Gasteiger partial charge in [-0.25, -0.2) is 19.3 Å². The molecule has 2 unspecified atom stereocenters. The smallest absolute Gasteiger partial charge is 0.178 e. The number of fused-ring (bicyclic) bond motifs is 3. The zero-order valence-corrected chi connectivity index (χ0v) is 20.0. The molecule has 3 atom stereocenters. The van der Waals surface area contributed by atoms with E-state index in [1.165, 1.54) is 0 Å². The Hall–Kier alpha value is -3.91. The van der Waals surface area contributed by atoms with E-state index in [1.54, 1.807) is 18.3 Å². The largest absolute Gasteiger partial charge is 0.355 e. The lowest BCUT2D eigenvalue weighted by Crippen LogP contribution is -2.32. The second-order valence-corrected chi connectivity index (χ2v) is 10.0. The highest BCUT2D eigenvalue weighted by atomic mass is 19.1. The normalized spacial score (nSPS) is 23.2. The highest BCUT2D eigenvalue weighted by Gasteiger charge is 2.66. The van der Waals surface area contributed by atoms with Crippen molar-refractivity contribution in [2.45, 2.75) is 11.8 Å². The molecule has 36 heavy (non-hydrogen) atoms. The number of hydrogen-bond donors (Lipinski definition) is 1. The first-order chi connectivity index (χ1) is 17.6. The molecule has 5 aromatic rings. The van der Waals surface area contributed by atoms with Crippen LogP contribution in [0.2, 0.25) is 0 Å². The van der Waals surface area contributed by atoms with Crippen LogP contribution in [-0.2, 0) is 12.5 Å². The molecule has 0 radical (unpaired) electrons. The molecule has 1 saturated heterocycles. The van der Waals surface area contributed by atoms with Crippen LogP contribution in [0.15, 0.2) is 67.0 Å². The molecule has 2 aromatic carbocycles. The molecule has 4 heterocycles. The van der Waals surface area contributed by atoms with Gasteiger partial charge in [-0.05, 0) is 54.2 Å². The first kappa shape index (κ1) is 21.4. The summed E-state index contributed by atoms with van der Waals surface area (Å²) in [4.78, 5) is 16.6. The third kappa shape index (κ3) is 3.14. The molecule has 7 nitrogen and oxygen atoms in total. The molecule has 180 valence electrons. The van der Waals surface area contributed by atoms with Crippen LogP contribution in [0.1, 0.15) is 12.0 Å². The minimum atomic E-state index is -0.282. The summed E-state index contributed by atoms with van der Waals surface area (Å²) in [7, 11) is 1.92. The molecule has 0 spiro atoms. The number of anilines is 1. The third-order valence-electron chi connectivity index (χ3n) is 8.17. The molecular formula is C28H26FN7. The Morgan fingerprint density at radius 2 is 1.92 bits per heavy atom. The fourth-order valence-electron chi connectivity index (χ4n) is 6.35. The predicted molar refractivity (Wildman–Crippen MR) is 138 cm³/mol. The van der Waals surface area contributed by atoms with E-state index in [0.29, 0.717) is 24.0 Å². The van der Waals surface area contributed by atoms with E-state index in [-0.39, 0.29) is 11.2 Å². The number of benzene rings is 2. The fourth-order valence-corrected chi connectivity index (χ4v) is 6.35. The number of pyridine rings is 1. The van der Waals surface area contributed by atoms with E-state index >= 15 is 0 Å². The molecular weight excluding hydrogens is 453 g/mol. The molecule has 8 heteroatoms. The van der Waals surface area contributed by atoms with Gasteiger partial charge in [-0.1, -0.05) is 24.3 Å². The summed E-state index contributed by atoms with van der Waals surface area (Å²) in [5.41, 5.74) is 10.9. The molecule has 0 bridgehead atoms. The molecule has 2 N–H and O–H groups in total. The fraction of sp³-hybridized carbons (Fsp3) is 0.286. The Kier molecular flexibility index (Phi) is 4.63. The van der Waals surface area contributed by atoms with Crippen LogP contribution in [0.5, 0.6) is 0 Å². The zero-order chi connectivity index (χ0) is 24.4. The number of rotatable bonds is 4. The maximum Gasteiger partial charge on any atom is 0.178 e. The summed E-state index contributed by atoms with van der Waals surface area (Å²) in [6.45, 7) is 2.11. The summed E-state index contributed by atoms with van der Waals surface area (Å²) in [6.07, 6.45) is 4.77. The van der Waals surface area contributed by atoms with Crippen molar-refractivity contribution in [2.24, 2.45) is 24.6 Å². The van der Waals surface area contributed by atoms with E-state index in [0.717, 1.165) is 58.6 Å². The lowest BCUT2D eigenvalue weighted by molar-refractivity contribution is 0.533. The number of piperidine rings is 1. The maximum atomic E-state index is 14.7. The highest BCUT2D eigenvalue weighted by molar-refractivity contribution is 5.84. The zero-order valence-electron chi connectivity index (χ0n) is 20.0. The van der Waals surface area contributed by atoms with Crippen LogP contribution in [0, 0.1) is 17.7 Å². The topological polar surface area (TPSA) is 85.8 Å². The maximum absolute atomic E-state index is 14.7. The lowest BCUT2D eigenvalue weighted by atomic mass is 9.91. The molecule has 3 aromatic heterocycles. The van der Waals surface area contributed by atoms with Crippen LogP contribution < -0.4 is 10.6 Å². The molecule has 7 rings (SSSR count). The average molecular weight is 480 g/mol. The van der Waals surface area contributed by atoms with Gasteiger partial charge in [-0.3, -0.25) is 4.68 Å². The van der Waals surface area contributed by atoms with E-state index in [2.05, 4.69) is 21.0 Å². The molecule has 1 saturated carbocycles.